The van der Waals surface area contributed by atoms with Crippen molar-refractivity contribution in [3.05, 3.63) is 59.8 Å². The summed E-state index contributed by atoms with van der Waals surface area (Å²) in [6, 6.07) is 9.03. The summed E-state index contributed by atoms with van der Waals surface area (Å²) in [5.74, 6) is 1.01. The number of aromatic nitrogens is 4. The second-order valence-electron chi connectivity index (χ2n) is 8.30. The lowest BCUT2D eigenvalue weighted by molar-refractivity contribution is 0.196. The predicted octanol–water partition coefficient (Wildman–Crippen LogP) is 3.99. The van der Waals surface area contributed by atoms with Crippen molar-refractivity contribution < 1.29 is 4.39 Å². The van der Waals surface area contributed by atoms with Crippen molar-refractivity contribution >= 4 is 5.95 Å². The van der Waals surface area contributed by atoms with E-state index in [0.29, 0.717) is 12.5 Å². The summed E-state index contributed by atoms with van der Waals surface area (Å²) in [5.41, 5.74) is 3.85. The summed E-state index contributed by atoms with van der Waals surface area (Å²) in [7, 11) is 0. The normalized spacial score (nSPS) is 20.0. The largest absolute Gasteiger partial charge is 0.341 e. The number of aromatic amines is 1. The number of likely N-dealkylation sites (tertiary alicyclic amines) is 1. The summed E-state index contributed by atoms with van der Waals surface area (Å²) in [4.78, 5) is 13.9. The van der Waals surface area contributed by atoms with Gasteiger partial charge in [-0.3, -0.25) is 10.00 Å². The summed E-state index contributed by atoms with van der Waals surface area (Å²) in [5, 5.41) is 7.58. The number of benzene rings is 1. The standard InChI is InChI=1S/C23H27FN6/c24-20-8-2-1-6-17(20)15-29-11-5-7-18(16-29)22-19(14-26-28-22)21-9-10-25-23(27-21)30-12-3-4-13-30/h1-2,6,8-10,14,18H,3-5,7,11-13,15-16H2,(H,26,28)/t18-/m1/s1. The van der Waals surface area contributed by atoms with Gasteiger partial charge in [-0.25, -0.2) is 14.4 Å². The zero-order valence-electron chi connectivity index (χ0n) is 17.1. The Kier molecular flexibility index (Phi) is 5.45. The number of H-pyrrole nitrogens is 1. The Morgan fingerprint density at radius 3 is 2.80 bits per heavy atom. The molecule has 2 aromatic heterocycles. The first-order valence-corrected chi connectivity index (χ1v) is 10.9. The van der Waals surface area contributed by atoms with Crippen molar-refractivity contribution in [1.29, 1.82) is 0 Å². The van der Waals surface area contributed by atoms with Crippen LogP contribution in [0, 0.1) is 5.82 Å². The van der Waals surface area contributed by atoms with Crippen LogP contribution >= 0.6 is 0 Å². The molecule has 0 bridgehead atoms. The average molecular weight is 407 g/mol. The molecule has 3 aromatic rings. The van der Waals surface area contributed by atoms with E-state index in [2.05, 4.69) is 25.0 Å². The lowest BCUT2D eigenvalue weighted by Gasteiger charge is -2.32. The van der Waals surface area contributed by atoms with Crippen LogP contribution in [0.1, 0.15) is 42.9 Å². The number of piperidine rings is 1. The summed E-state index contributed by atoms with van der Waals surface area (Å²) >= 11 is 0. The second kappa shape index (κ2) is 8.52. The molecule has 1 N–H and O–H groups in total. The highest BCUT2D eigenvalue weighted by Gasteiger charge is 2.26. The molecule has 2 aliphatic heterocycles. The summed E-state index contributed by atoms with van der Waals surface area (Å²) < 4.78 is 14.1. The molecule has 1 aromatic carbocycles. The summed E-state index contributed by atoms with van der Waals surface area (Å²) in [6.45, 7) is 4.55. The zero-order chi connectivity index (χ0) is 20.3. The molecular weight excluding hydrogens is 379 g/mol. The van der Waals surface area contributed by atoms with Gasteiger partial charge in [-0.2, -0.15) is 5.10 Å². The van der Waals surface area contributed by atoms with Gasteiger partial charge in [0.2, 0.25) is 5.95 Å². The van der Waals surface area contributed by atoms with Gasteiger partial charge in [0.1, 0.15) is 5.82 Å². The third-order valence-electron chi connectivity index (χ3n) is 6.24. The Labute approximate surface area is 176 Å². The number of anilines is 1. The highest BCUT2D eigenvalue weighted by Crippen LogP contribution is 2.33. The lowest BCUT2D eigenvalue weighted by Crippen LogP contribution is -2.34. The zero-order valence-corrected chi connectivity index (χ0v) is 17.1. The molecule has 2 fully saturated rings. The Hall–Kier alpha value is -2.80. The lowest BCUT2D eigenvalue weighted by atomic mass is 9.91. The van der Waals surface area contributed by atoms with E-state index < -0.39 is 0 Å². The quantitative estimate of drug-likeness (QED) is 0.694. The van der Waals surface area contributed by atoms with Crippen LogP contribution in [0.15, 0.2) is 42.7 Å². The van der Waals surface area contributed by atoms with Gasteiger partial charge in [0, 0.05) is 55.1 Å². The first kappa shape index (κ1) is 19.2. The van der Waals surface area contributed by atoms with Gasteiger partial charge < -0.3 is 4.90 Å². The smallest absolute Gasteiger partial charge is 0.225 e. The van der Waals surface area contributed by atoms with Crippen molar-refractivity contribution in [2.75, 3.05) is 31.1 Å². The van der Waals surface area contributed by atoms with E-state index in [1.807, 2.05) is 30.6 Å². The van der Waals surface area contributed by atoms with E-state index in [1.165, 1.54) is 18.9 Å². The molecular formula is C23H27FN6. The predicted molar refractivity (Wildman–Crippen MR) is 115 cm³/mol. The first-order valence-electron chi connectivity index (χ1n) is 10.9. The van der Waals surface area contributed by atoms with E-state index in [0.717, 1.165) is 67.5 Å². The monoisotopic (exact) mass is 406 g/mol. The molecule has 1 atom stereocenters. The van der Waals surface area contributed by atoms with Crippen molar-refractivity contribution in [2.45, 2.75) is 38.1 Å². The van der Waals surface area contributed by atoms with Crippen molar-refractivity contribution in [2.24, 2.45) is 0 Å². The maximum absolute atomic E-state index is 14.1. The number of nitrogens with one attached hydrogen (secondary N) is 1. The van der Waals surface area contributed by atoms with Gasteiger partial charge >= 0.3 is 0 Å². The average Bonchev–Trinajstić information content (AvgIpc) is 3.48. The minimum Gasteiger partial charge on any atom is -0.341 e. The molecule has 5 rings (SSSR count). The van der Waals surface area contributed by atoms with Crippen LogP contribution in [0.3, 0.4) is 0 Å². The molecule has 156 valence electrons. The minimum absolute atomic E-state index is 0.128. The highest BCUT2D eigenvalue weighted by atomic mass is 19.1. The fourth-order valence-corrected chi connectivity index (χ4v) is 4.68. The van der Waals surface area contributed by atoms with Crippen LogP contribution in [0.25, 0.3) is 11.3 Å². The molecule has 0 aliphatic carbocycles. The van der Waals surface area contributed by atoms with Crippen molar-refractivity contribution in [3.63, 3.8) is 0 Å². The Morgan fingerprint density at radius 2 is 1.93 bits per heavy atom. The first-order chi connectivity index (χ1) is 14.8. The van der Waals surface area contributed by atoms with Crippen LogP contribution in [-0.2, 0) is 6.54 Å². The molecule has 4 heterocycles. The molecule has 2 saturated heterocycles. The minimum atomic E-state index is -0.128. The van der Waals surface area contributed by atoms with Gasteiger partial charge in [0.25, 0.3) is 0 Å². The molecule has 0 saturated carbocycles. The third-order valence-corrected chi connectivity index (χ3v) is 6.24. The van der Waals surface area contributed by atoms with Gasteiger partial charge in [-0.15, -0.1) is 0 Å². The molecule has 0 unspecified atom stereocenters. The highest BCUT2D eigenvalue weighted by molar-refractivity contribution is 5.63. The molecule has 0 radical (unpaired) electrons. The number of hydrogen-bond acceptors (Lipinski definition) is 5. The van der Waals surface area contributed by atoms with Crippen molar-refractivity contribution in [3.8, 4) is 11.3 Å². The topological polar surface area (TPSA) is 60.9 Å². The molecule has 2 aliphatic rings. The van der Waals surface area contributed by atoms with Gasteiger partial charge in [0.05, 0.1) is 11.9 Å². The Balaban J connectivity index is 1.35. The van der Waals surface area contributed by atoms with Crippen LogP contribution < -0.4 is 4.90 Å². The maximum Gasteiger partial charge on any atom is 0.225 e. The molecule has 0 amide bonds. The molecule has 6 nitrogen and oxygen atoms in total. The van der Waals surface area contributed by atoms with E-state index in [1.54, 1.807) is 6.07 Å². The number of halogens is 1. The van der Waals surface area contributed by atoms with E-state index in [-0.39, 0.29) is 5.82 Å². The Morgan fingerprint density at radius 1 is 1.07 bits per heavy atom. The number of hydrogen-bond donors (Lipinski definition) is 1. The second-order valence-corrected chi connectivity index (χ2v) is 8.30. The third kappa shape index (κ3) is 3.94. The van der Waals surface area contributed by atoms with Gasteiger partial charge in [-0.1, -0.05) is 18.2 Å². The number of nitrogens with zero attached hydrogens (tertiary/aromatic N) is 5. The van der Waals surface area contributed by atoms with E-state index in [9.17, 15) is 4.39 Å². The SMILES string of the molecule is Fc1ccccc1CN1CCC[C@@H](c2[nH]ncc2-c2ccnc(N3CCCC3)n2)C1. The van der Waals surface area contributed by atoms with Crippen LogP contribution in [0.5, 0.6) is 0 Å². The van der Waals surface area contributed by atoms with E-state index >= 15 is 0 Å². The van der Waals surface area contributed by atoms with Crippen molar-refractivity contribution in [1.82, 2.24) is 25.1 Å². The Bertz CT molecular complexity index is 997. The molecule has 30 heavy (non-hydrogen) atoms. The fourth-order valence-electron chi connectivity index (χ4n) is 4.68. The van der Waals surface area contributed by atoms with Crippen LogP contribution in [0.4, 0.5) is 10.3 Å². The van der Waals surface area contributed by atoms with Gasteiger partial charge in [-0.05, 0) is 44.4 Å². The van der Waals surface area contributed by atoms with Crippen LogP contribution in [0.2, 0.25) is 0 Å². The molecule has 7 heteroatoms. The van der Waals surface area contributed by atoms with Gasteiger partial charge in [0.15, 0.2) is 0 Å². The van der Waals surface area contributed by atoms with E-state index in [4.69, 9.17) is 4.98 Å². The maximum atomic E-state index is 14.1. The summed E-state index contributed by atoms with van der Waals surface area (Å²) in [6.07, 6.45) is 8.29. The number of rotatable bonds is 5. The molecule has 0 spiro atoms. The fraction of sp³-hybridized carbons (Fsp3) is 0.435. The van der Waals surface area contributed by atoms with Crippen LogP contribution in [-0.4, -0.2) is 51.2 Å².